The van der Waals surface area contributed by atoms with Crippen LogP contribution in [-0.2, 0) is 4.74 Å². The van der Waals surface area contributed by atoms with Gasteiger partial charge in [0, 0.05) is 13.1 Å². The number of carbonyl (C=O) groups excluding carboxylic acids is 1. The van der Waals surface area contributed by atoms with Crippen LogP contribution >= 0.6 is 0 Å². The van der Waals surface area contributed by atoms with Gasteiger partial charge in [0.2, 0.25) is 0 Å². The van der Waals surface area contributed by atoms with Crippen LogP contribution < -0.4 is 15.4 Å². The second-order valence-corrected chi connectivity index (χ2v) is 7.75. The highest BCUT2D eigenvalue weighted by molar-refractivity contribution is 5.86. The third-order valence-electron chi connectivity index (χ3n) is 5.47. The summed E-state index contributed by atoms with van der Waals surface area (Å²) in [7, 11) is 0. The van der Waals surface area contributed by atoms with E-state index in [1.807, 2.05) is 30.3 Å². The van der Waals surface area contributed by atoms with Crippen molar-refractivity contribution in [3.63, 3.8) is 0 Å². The fraction of sp³-hybridized carbons (Fsp3) is 0.609. The summed E-state index contributed by atoms with van der Waals surface area (Å²) in [6, 6.07) is 7.52. The molecule has 6 nitrogen and oxygen atoms in total. The first-order valence-electron chi connectivity index (χ1n) is 11.0. The maximum absolute atomic E-state index is 12.3. The summed E-state index contributed by atoms with van der Waals surface area (Å²) in [5, 5.41) is 6.21. The Morgan fingerprint density at radius 3 is 2.69 bits per heavy atom. The Morgan fingerprint density at radius 2 is 1.93 bits per heavy atom. The Morgan fingerprint density at radius 1 is 1.17 bits per heavy atom. The fourth-order valence-electron chi connectivity index (χ4n) is 3.70. The predicted octanol–water partition coefficient (Wildman–Crippen LogP) is 4.19. The van der Waals surface area contributed by atoms with Crippen LogP contribution in [-0.4, -0.2) is 63.1 Å². The van der Waals surface area contributed by atoms with Crippen molar-refractivity contribution in [1.29, 1.82) is 0 Å². The average Bonchev–Trinajstić information content (AvgIpc) is 2.72. The minimum Gasteiger partial charge on any atom is -0.491 e. The Hall–Kier alpha value is -2.05. The van der Waals surface area contributed by atoms with E-state index in [2.05, 4.69) is 24.1 Å². The number of nitrogens with one attached hydrogen (secondary N) is 2. The number of hydrogen-bond donors (Lipinski definition) is 2. The molecule has 1 aliphatic rings. The van der Waals surface area contributed by atoms with E-state index in [0.29, 0.717) is 24.7 Å². The number of rotatable bonds is 13. The van der Waals surface area contributed by atoms with Gasteiger partial charge in [0.25, 0.3) is 0 Å². The standard InChI is InChI=1S/C23H37N3O3/c1-3-5-6-7-10-19-28-22-12-9-8-11-21(22)25-23(27)29-20-18-26(15-4-2)16-13-24-14-17-26/h4,8-9,11-12,24H,2-3,5-7,10,13-20H2,1H3/p+1. The fourth-order valence-corrected chi connectivity index (χ4v) is 3.70. The van der Waals surface area contributed by atoms with Crippen LogP contribution in [0, 0.1) is 0 Å². The molecule has 29 heavy (non-hydrogen) atoms. The molecule has 1 saturated heterocycles. The second-order valence-electron chi connectivity index (χ2n) is 7.75. The molecule has 1 aromatic rings. The molecule has 2 N–H and O–H groups in total. The van der Waals surface area contributed by atoms with E-state index in [-0.39, 0.29) is 0 Å². The van der Waals surface area contributed by atoms with Crippen molar-refractivity contribution >= 4 is 11.8 Å². The molecule has 162 valence electrons. The molecule has 6 heteroatoms. The zero-order chi connectivity index (χ0) is 20.8. The number of anilines is 1. The summed E-state index contributed by atoms with van der Waals surface area (Å²) in [5.41, 5.74) is 0.656. The van der Waals surface area contributed by atoms with Crippen LogP contribution in [0.5, 0.6) is 5.75 Å². The largest absolute Gasteiger partial charge is 0.491 e. The van der Waals surface area contributed by atoms with Crippen molar-refractivity contribution in [2.75, 3.05) is 57.8 Å². The molecule has 0 spiro atoms. The normalized spacial score (nSPS) is 15.5. The van der Waals surface area contributed by atoms with Gasteiger partial charge < -0.3 is 19.3 Å². The number of unbranched alkanes of at least 4 members (excludes halogenated alkanes) is 4. The van der Waals surface area contributed by atoms with Crippen molar-refractivity contribution in [3.05, 3.63) is 36.9 Å². The molecule has 1 fully saturated rings. The number of benzene rings is 1. The number of carbonyl (C=O) groups is 1. The third kappa shape index (κ3) is 8.46. The van der Waals surface area contributed by atoms with Gasteiger partial charge in [0.1, 0.15) is 18.9 Å². The molecular weight excluding hydrogens is 366 g/mol. The molecule has 0 saturated carbocycles. The van der Waals surface area contributed by atoms with Crippen LogP contribution in [0.4, 0.5) is 10.5 Å². The number of quaternary nitrogens is 1. The molecule has 0 aromatic heterocycles. The molecular formula is C23H38N3O3+. The number of amides is 1. The van der Waals surface area contributed by atoms with Crippen molar-refractivity contribution < 1.29 is 18.8 Å². The van der Waals surface area contributed by atoms with Gasteiger partial charge in [-0.05, 0) is 24.6 Å². The van der Waals surface area contributed by atoms with Gasteiger partial charge in [0.15, 0.2) is 0 Å². The smallest absolute Gasteiger partial charge is 0.411 e. The summed E-state index contributed by atoms with van der Waals surface area (Å²) < 4.78 is 12.3. The number of piperazine rings is 1. The van der Waals surface area contributed by atoms with E-state index in [1.54, 1.807) is 0 Å². The zero-order valence-corrected chi connectivity index (χ0v) is 18.0. The Balaban J connectivity index is 1.76. The van der Waals surface area contributed by atoms with Gasteiger partial charge in [-0.15, -0.1) is 0 Å². The van der Waals surface area contributed by atoms with Crippen LogP contribution in [0.25, 0.3) is 0 Å². The third-order valence-corrected chi connectivity index (χ3v) is 5.47. The van der Waals surface area contributed by atoms with Crippen LogP contribution in [0.15, 0.2) is 36.9 Å². The molecule has 0 bridgehead atoms. The Kier molecular flexibility index (Phi) is 10.6. The molecule has 0 aliphatic carbocycles. The molecule has 1 heterocycles. The van der Waals surface area contributed by atoms with Crippen molar-refractivity contribution in [2.24, 2.45) is 0 Å². The van der Waals surface area contributed by atoms with Gasteiger partial charge >= 0.3 is 6.09 Å². The summed E-state index contributed by atoms with van der Waals surface area (Å²) in [6.45, 7) is 12.9. The first-order valence-corrected chi connectivity index (χ1v) is 11.0. The highest BCUT2D eigenvalue weighted by atomic mass is 16.5. The topological polar surface area (TPSA) is 59.6 Å². The van der Waals surface area contributed by atoms with Crippen LogP contribution in [0.2, 0.25) is 0 Å². The minimum absolute atomic E-state index is 0.389. The lowest BCUT2D eigenvalue weighted by Gasteiger charge is -2.40. The van der Waals surface area contributed by atoms with Crippen molar-refractivity contribution in [3.8, 4) is 5.75 Å². The molecule has 2 rings (SSSR count). The Labute approximate surface area is 175 Å². The second kappa shape index (κ2) is 13.2. The van der Waals surface area contributed by atoms with Gasteiger partial charge in [-0.1, -0.05) is 51.3 Å². The summed E-state index contributed by atoms with van der Waals surface area (Å²) >= 11 is 0. The van der Waals surface area contributed by atoms with Crippen LogP contribution in [0.1, 0.15) is 39.0 Å². The number of nitrogens with zero attached hydrogens (tertiary/aromatic N) is 1. The highest BCUT2D eigenvalue weighted by Crippen LogP contribution is 2.24. The molecule has 1 aromatic carbocycles. The lowest BCUT2D eigenvalue weighted by Crippen LogP contribution is -2.59. The van der Waals surface area contributed by atoms with Gasteiger partial charge in [-0.25, -0.2) is 4.79 Å². The molecule has 0 unspecified atom stereocenters. The summed E-state index contributed by atoms with van der Waals surface area (Å²) in [6.07, 6.45) is 7.47. The van der Waals surface area contributed by atoms with Crippen LogP contribution in [0.3, 0.4) is 0 Å². The summed E-state index contributed by atoms with van der Waals surface area (Å²) in [5.74, 6) is 0.692. The quantitative estimate of drug-likeness (QED) is 0.294. The zero-order valence-electron chi connectivity index (χ0n) is 18.0. The lowest BCUT2D eigenvalue weighted by molar-refractivity contribution is -0.924. The number of ether oxygens (including phenoxy) is 2. The number of hydrogen-bond acceptors (Lipinski definition) is 4. The monoisotopic (exact) mass is 404 g/mol. The first kappa shape index (κ1) is 23.2. The van der Waals surface area contributed by atoms with Gasteiger partial charge in [-0.3, -0.25) is 5.32 Å². The predicted molar refractivity (Wildman–Crippen MR) is 118 cm³/mol. The SMILES string of the molecule is C=CC[N+]1(CCOC(=O)Nc2ccccc2OCCCCCCC)CCNCC1. The molecule has 0 atom stereocenters. The minimum atomic E-state index is -0.434. The van der Waals surface area contributed by atoms with Crippen molar-refractivity contribution in [1.82, 2.24) is 5.32 Å². The van der Waals surface area contributed by atoms with Gasteiger partial charge in [0.05, 0.1) is 31.9 Å². The van der Waals surface area contributed by atoms with E-state index in [1.165, 1.54) is 25.7 Å². The van der Waals surface area contributed by atoms with E-state index in [9.17, 15) is 4.79 Å². The average molecular weight is 405 g/mol. The van der Waals surface area contributed by atoms with Crippen molar-refractivity contribution in [2.45, 2.75) is 39.0 Å². The molecule has 1 aliphatic heterocycles. The Bertz CT molecular complexity index is 615. The van der Waals surface area contributed by atoms with E-state index >= 15 is 0 Å². The van der Waals surface area contributed by atoms with E-state index in [4.69, 9.17) is 9.47 Å². The lowest BCUT2D eigenvalue weighted by atomic mass is 10.2. The molecule has 1 amide bonds. The highest BCUT2D eigenvalue weighted by Gasteiger charge is 2.28. The number of para-hydroxylation sites is 2. The van der Waals surface area contributed by atoms with Gasteiger partial charge in [-0.2, -0.15) is 0 Å². The molecule has 0 radical (unpaired) electrons. The van der Waals surface area contributed by atoms with E-state index in [0.717, 1.165) is 50.2 Å². The first-order chi connectivity index (χ1) is 14.2. The maximum Gasteiger partial charge on any atom is 0.411 e. The maximum atomic E-state index is 12.3. The summed E-state index contributed by atoms with van der Waals surface area (Å²) in [4.78, 5) is 12.3. The van der Waals surface area contributed by atoms with E-state index < -0.39 is 6.09 Å².